The maximum Gasteiger partial charge on any atom is 0.207 e. The van der Waals surface area contributed by atoms with Crippen molar-refractivity contribution in [3.05, 3.63) is 18.5 Å². The number of carbonyl (C=O) groups is 1. The van der Waals surface area contributed by atoms with E-state index in [0.29, 0.717) is 6.04 Å². The molecule has 0 saturated carbocycles. The lowest BCUT2D eigenvalue weighted by molar-refractivity contribution is -0.110. The Hall–Kier alpha value is -2.11. The van der Waals surface area contributed by atoms with Gasteiger partial charge in [0.15, 0.2) is 5.65 Å². The molecule has 1 saturated heterocycles. The summed E-state index contributed by atoms with van der Waals surface area (Å²) in [6.07, 6.45) is 6.35. The van der Waals surface area contributed by atoms with Gasteiger partial charge in [-0.3, -0.25) is 9.89 Å². The Bertz CT molecular complexity index is 544. The van der Waals surface area contributed by atoms with Gasteiger partial charge in [-0.05, 0) is 18.9 Å². The molecule has 1 aliphatic rings. The largest absolute Gasteiger partial charge is 0.371 e. The fraction of sp³-hybridized carbons (Fsp3) is 0.417. The molecule has 0 spiro atoms. The van der Waals surface area contributed by atoms with Crippen molar-refractivity contribution in [1.29, 1.82) is 0 Å². The highest BCUT2D eigenvalue weighted by Gasteiger charge is 2.20. The molecule has 0 aliphatic carbocycles. The summed E-state index contributed by atoms with van der Waals surface area (Å²) in [6, 6.07) is 2.33. The second kappa shape index (κ2) is 4.64. The number of nitrogens with one attached hydrogen (secondary N) is 2. The van der Waals surface area contributed by atoms with E-state index >= 15 is 0 Å². The first-order valence-electron chi connectivity index (χ1n) is 6.11. The third-order valence-electron chi connectivity index (χ3n) is 3.47. The Morgan fingerprint density at radius 1 is 1.44 bits per heavy atom. The normalized spacial score (nSPS) is 17.0. The quantitative estimate of drug-likeness (QED) is 0.780. The second-order valence-electron chi connectivity index (χ2n) is 4.51. The summed E-state index contributed by atoms with van der Waals surface area (Å²) in [5.74, 6) is 0. The molecule has 0 unspecified atom stereocenters. The van der Waals surface area contributed by atoms with E-state index in [2.05, 4.69) is 25.4 Å². The first-order chi connectivity index (χ1) is 8.88. The fourth-order valence-electron chi connectivity index (χ4n) is 2.50. The number of H-pyrrole nitrogens is 1. The highest BCUT2D eigenvalue weighted by molar-refractivity contribution is 5.88. The van der Waals surface area contributed by atoms with Crippen LogP contribution in [-0.4, -0.2) is 40.7 Å². The number of hydrogen-bond donors (Lipinski definition) is 2. The van der Waals surface area contributed by atoms with Crippen molar-refractivity contribution < 1.29 is 4.79 Å². The van der Waals surface area contributed by atoms with Gasteiger partial charge in [-0.2, -0.15) is 5.10 Å². The molecule has 0 radical (unpaired) electrons. The lowest BCUT2D eigenvalue weighted by Crippen LogP contribution is -2.42. The summed E-state index contributed by atoms with van der Waals surface area (Å²) in [5.41, 5.74) is 1.99. The van der Waals surface area contributed by atoms with Gasteiger partial charge in [0.25, 0.3) is 0 Å². The third kappa shape index (κ3) is 1.90. The van der Waals surface area contributed by atoms with Crippen molar-refractivity contribution in [3.63, 3.8) is 0 Å². The molecular weight excluding hydrogens is 230 g/mol. The van der Waals surface area contributed by atoms with Gasteiger partial charge in [0.2, 0.25) is 6.41 Å². The topological polar surface area (TPSA) is 73.9 Å². The molecule has 3 heterocycles. The van der Waals surface area contributed by atoms with Crippen LogP contribution in [0.4, 0.5) is 5.69 Å². The van der Waals surface area contributed by atoms with E-state index in [1.165, 1.54) is 5.69 Å². The SMILES string of the molecule is O=CNC1CCN(c2ccnc3[nH]ncc23)CC1. The number of amides is 1. The van der Waals surface area contributed by atoms with Gasteiger partial charge >= 0.3 is 0 Å². The van der Waals surface area contributed by atoms with Crippen molar-refractivity contribution in [2.75, 3.05) is 18.0 Å². The molecule has 2 N–H and O–H groups in total. The highest BCUT2D eigenvalue weighted by Crippen LogP contribution is 2.26. The minimum Gasteiger partial charge on any atom is -0.371 e. The van der Waals surface area contributed by atoms with Gasteiger partial charge in [-0.1, -0.05) is 0 Å². The van der Waals surface area contributed by atoms with Gasteiger partial charge in [-0.15, -0.1) is 0 Å². The van der Waals surface area contributed by atoms with Crippen LogP contribution >= 0.6 is 0 Å². The zero-order chi connectivity index (χ0) is 12.4. The molecule has 1 amide bonds. The van der Waals surface area contributed by atoms with Crippen molar-refractivity contribution in [3.8, 4) is 0 Å². The molecule has 0 bridgehead atoms. The first-order valence-corrected chi connectivity index (χ1v) is 6.11. The van der Waals surface area contributed by atoms with Crippen LogP contribution in [0.5, 0.6) is 0 Å². The summed E-state index contributed by atoms with van der Waals surface area (Å²) in [6.45, 7) is 1.88. The van der Waals surface area contributed by atoms with Crippen LogP contribution in [0.1, 0.15) is 12.8 Å². The van der Waals surface area contributed by atoms with E-state index < -0.39 is 0 Å². The van der Waals surface area contributed by atoms with E-state index in [1.807, 2.05) is 12.3 Å². The number of aromatic amines is 1. The summed E-state index contributed by atoms with van der Waals surface area (Å²) in [5, 5.41) is 10.8. The zero-order valence-corrected chi connectivity index (χ0v) is 9.97. The molecule has 3 rings (SSSR count). The van der Waals surface area contributed by atoms with Crippen molar-refractivity contribution >= 4 is 23.1 Å². The summed E-state index contributed by atoms with van der Waals surface area (Å²) in [7, 11) is 0. The zero-order valence-electron chi connectivity index (χ0n) is 9.97. The molecule has 0 atom stereocenters. The third-order valence-corrected chi connectivity index (χ3v) is 3.47. The van der Waals surface area contributed by atoms with Gasteiger partial charge in [0.05, 0.1) is 17.3 Å². The molecule has 0 aromatic carbocycles. The van der Waals surface area contributed by atoms with Crippen LogP contribution in [0, 0.1) is 0 Å². The molecule has 2 aromatic rings. The van der Waals surface area contributed by atoms with Crippen LogP contribution in [0.15, 0.2) is 18.5 Å². The van der Waals surface area contributed by atoms with Gasteiger partial charge in [-0.25, -0.2) is 4.98 Å². The van der Waals surface area contributed by atoms with Crippen molar-refractivity contribution in [2.45, 2.75) is 18.9 Å². The molecule has 6 heteroatoms. The van der Waals surface area contributed by atoms with Gasteiger partial charge < -0.3 is 10.2 Å². The Morgan fingerprint density at radius 2 is 2.28 bits per heavy atom. The molecule has 1 aliphatic heterocycles. The highest BCUT2D eigenvalue weighted by atomic mass is 16.1. The van der Waals surface area contributed by atoms with E-state index in [-0.39, 0.29) is 0 Å². The molecular formula is C12H15N5O. The predicted molar refractivity (Wildman–Crippen MR) is 68.3 cm³/mol. The van der Waals surface area contributed by atoms with Crippen LogP contribution in [0.3, 0.4) is 0 Å². The molecule has 94 valence electrons. The summed E-state index contributed by atoms with van der Waals surface area (Å²) in [4.78, 5) is 17.0. The summed E-state index contributed by atoms with van der Waals surface area (Å²) >= 11 is 0. The Kier molecular flexibility index (Phi) is 2.84. The molecule has 2 aromatic heterocycles. The van der Waals surface area contributed by atoms with Crippen LogP contribution < -0.4 is 10.2 Å². The average Bonchev–Trinajstić information content (AvgIpc) is 2.88. The minimum absolute atomic E-state index is 0.306. The maximum atomic E-state index is 10.4. The monoisotopic (exact) mass is 245 g/mol. The van der Waals surface area contributed by atoms with Crippen LogP contribution in [-0.2, 0) is 4.79 Å². The minimum atomic E-state index is 0.306. The Balaban J connectivity index is 1.80. The fourth-order valence-corrected chi connectivity index (χ4v) is 2.50. The van der Waals surface area contributed by atoms with Crippen LogP contribution in [0.2, 0.25) is 0 Å². The molecule has 18 heavy (non-hydrogen) atoms. The standard InChI is InChI=1S/C12H15N5O/c18-8-14-9-2-5-17(6-3-9)11-1-4-13-12-10(11)7-15-16-12/h1,4,7-9H,2-3,5-6H2,(H,14,18)(H,13,15,16). The number of fused-ring (bicyclic) bond motifs is 1. The van der Waals surface area contributed by atoms with Crippen LogP contribution in [0.25, 0.3) is 11.0 Å². The second-order valence-corrected chi connectivity index (χ2v) is 4.51. The predicted octanol–water partition coefficient (Wildman–Crippen LogP) is 0.673. The van der Waals surface area contributed by atoms with Gasteiger partial charge in [0.1, 0.15) is 0 Å². The molecule has 1 fully saturated rings. The molecule has 6 nitrogen and oxygen atoms in total. The lowest BCUT2D eigenvalue weighted by Gasteiger charge is -2.33. The number of carbonyl (C=O) groups excluding carboxylic acids is 1. The Labute approximate surface area is 104 Å². The number of pyridine rings is 1. The number of rotatable bonds is 3. The van der Waals surface area contributed by atoms with E-state index in [0.717, 1.165) is 43.4 Å². The van der Waals surface area contributed by atoms with Gasteiger partial charge in [0, 0.05) is 25.3 Å². The summed E-state index contributed by atoms with van der Waals surface area (Å²) < 4.78 is 0. The van der Waals surface area contributed by atoms with Crippen molar-refractivity contribution in [2.24, 2.45) is 0 Å². The number of nitrogens with zero attached hydrogens (tertiary/aromatic N) is 3. The maximum absolute atomic E-state index is 10.4. The Morgan fingerprint density at radius 3 is 3.06 bits per heavy atom. The van der Waals surface area contributed by atoms with E-state index in [1.54, 1.807) is 6.20 Å². The van der Waals surface area contributed by atoms with Crippen molar-refractivity contribution in [1.82, 2.24) is 20.5 Å². The number of piperidine rings is 1. The van der Waals surface area contributed by atoms with E-state index in [4.69, 9.17) is 0 Å². The number of hydrogen-bond acceptors (Lipinski definition) is 4. The number of anilines is 1. The first kappa shape index (κ1) is 11.0. The average molecular weight is 245 g/mol. The smallest absolute Gasteiger partial charge is 0.207 e. The number of aromatic nitrogens is 3. The lowest BCUT2D eigenvalue weighted by atomic mass is 10.0. The van der Waals surface area contributed by atoms with E-state index in [9.17, 15) is 4.79 Å².